The molecule has 1 aliphatic rings. The molecule has 0 aliphatic carbocycles. The fourth-order valence-electron chi connectivity index (χ4n) is 3.68. The van der Waals surface area contributed by atoms with Crippen molar-refractivity contribution in [3.63, 3.8) is 0 Å². The summed E-state index contributed by atoms with van der Waals surface area (Å²) < 4.78 is 0. The van der Waals surface area contributed by atoms with Gasteiger partial charge in [0.25, 0.3) is 0 Å². The fraction of sp³-hybridized carbons (Fsp3) is 0.619. The van der Waals surface area contributed by atoms with E-state index in [1.807, 2.05) is 26.8 Å². The van der Waals surface area contributed by atoms with E-state index in [1.165, 1.54) is 0 Å². The molecule has 0 radical (unpaired) electrons. The minimum atomic E-state index is -0.921. The molecule has 1 aromatic rings. The van der Waals surface area contributed by atoms with E-state index in [0.717, 1.165) is 5.69 Å². The standard InChI is InChI=1S/C21H32ClN5O6/c22-18-3-1-2-17(23-18)14-25-10-12-26(15-20(30)31)8-6-24(5-4-19(28)29)7-9-27(13-11-25)16-21(32)33/h1-3H,4-16H2,(H,28,29)(H,30,31)(H,32,33). The van der Waals surface area contributed by atoms with Crippen LogP contribution in [0.1, 0.15) is 12.1 Å². The molecule has 0 spiro atoms. The lowest BCUT2D eigenvalue weighted by atomic mass is 10.3. The van der Waals surface area contributed by atoms with Crippen LogP contribution in [-0.4, -0.2) is 130 Å². The number of rotatable bonds is 9. The van der Waals surface area contributed by atoms with Crippen molar-refractivity contribution in [3.05, 3.63) is 29.0 Å². The third-order valence-corrected chi connectivity index (χ3v) is 5.66. The summed E-state index contributed by atoms with van der Waals surface area (Å²) in [5.41, 5.74) is 0.781. The third kappa shape index (κ3) is 11.4. The minimum absolute atomic E-state index is 0.0295. The summed E-state index contributed by atoms with van der Waals surface area (Å²) in [4.78, 5) is 45.8. The van der Waals surface area contributed by atoms with Gasteiger partial charge in [-0.05, 0) is 12.1 Å². The molecule has 2 rings (SSSR count). The average molecular weight is 486 g/mol. The summed E-state index contributed by atoms with van der Waals surface area (Å²) in [6, 6.07) is 5.38. The van der Waals surface area contributed by atoms with Crippen LogP contribution in [0.2, 0.25) is 5.15 Å². The molecular weight excluding hydrogens is 454 g/mol. The van der Waals surface area contributed by atoms with Crippen LogP contribution >= 0.6 is 11.6 Å². The van der Waals surface area contributed by atoms with E-state index in [-0.39, 0.29) is 19.5 Å². The molecule has 0 bridgehead atoms. The molecule has 0 amide bonds. The topological polar surface area (TPSA) is 138 Å². The summed E-state index contributed by atoms with van der Waals surface area (Å²) in [6.07, 6.45) is -0.0295. The van der Waals surface area contributed by atoms with E-state index in [1.54, 1.807) is 6.07 Å². The summed E-state index contributed by atoms with van der Waals surface area (Å²) >= 11 is 6.01. The third-order valence-electron chi connectivity index (χ3n) is 5.45. The number of halogens is 1. The summed E-state index contributed by atoms with van der Waals surface area (Å²) in [7, 11) is 0. The SMILES string of the molecule is O=C(O)CCN1CCN(CC(=O)O)CCN(Cc2cccc(Cl)n2)CCN(CC(=O)O)CC1. The fourth-order valence-corrected chi connectivity index (χ4v) is 3.86. The maximum atomic E-state index is 11.4. The van der Waals surface area contributed by atoms with Crippen molar-refractivity contribution in [2.75, 3.05) is 72.0 Å². The van der Waals surface area contributed by atoms with Crippen LogP contribution < -0.4 is 0 Å². The van der Waals surface area contributed by atoms with Gasteiger partial charge in [-0.1, -0.05) is 17.7 Å². The summed E-state index contributed by atoms with van der Waals surface area (Å²) in [5, 5.41) is 28.1. The summed E-state index contributed by atoms with van der Waals surface area (Å²) in [6.45, 7) is 4.67. The number of aromatic nitrogens is 1. The number of carbonyl (C=O) groups is 3. The largest absolute Gasteiger partial charge is 0.481 e. The molecule has 2 heterocycles. The number of pyridine rings is 1. The van der Waals surface area contributed by atoms with Crippen LogP contribution in [0, 0.1) is 0 Å². The van der Waals surface area contributed by atoms with Crippen LogP contribution in [0.25, 0.3) is 0 Å². The average Bonchev–Trinajstić information content (AvgIpc) is 2.72. The van der Waals surface area contributed by atoms with E-state index in [2.05, 4.69) is 9.88 Å². The van der Waals surface area contributed by atoms with Crippen LogP contribution in [-0.2, 0) is 20.9 Å². The molecule has 1 fully saturated rings. The van der Waals surface area contributed by atoms with Gasteiger partial charge in [0.15, 0.2) is 0 Å². The van der Waals surface area contributed by atoms with E-state index < -0.39 is 17.9 Å². The first-order chi connectivity index (χ1) is 15.7. The molecule has 0 aromatic carbocycles. The number of carboxylic acid groups (broad SMARTS) is 3. The van der Waals surface area contributed by atoms with E-state index in [4.69, 9.17) is 16.7 Å². The number of carboxylic acids is 3. The van der Waals surface area contributed by atoms with Crippen LogP contribution in [0.4, 0.5) is 0 Å². The highest BCUT2D eigenvalue weighted by molar-refractivity contribution is 6.29. The minimum Gasteiger partial charge on any atom is -0.481 e. The van der Waals surface area contributed by atoms with Gasteiger partial charge in [-0.2, -0.15) is 0 Å². The lowest BCUT2D eigenvalue weighted by Crippen LogP contribution is -2.47. The van der Waals surface area contributed by atoms with Crippen molar-refractivity contribution >= 4 is 29.5 Å². The van der Waals surface area contributed by atoms with Gasteiger partial charge in [0.05, 0.1) is 25.2 Å². The Hall–Kier alpha value is -2.31. The van der Waals surface area contributed by atoms with Crippen molar-refractivity contribution in [2.45, 2.75) is 13.0 Å². The highest BCUT2D eigenvalue weighted by Gasteiger charge is 2.19. The quantitative estimate of drug-likeness (QED) is 0.410. The molecule has 11 nitrogen and oxygen atoms in total. The zero-order chi connectivity index (χ0) is 24.2. The zero-order valence-electron chi connectivity index (χ0n) is 18.6. The van der Waals surface area contributed by atoms with Crippen LogP contribution in [0.5, 0.6) is 0 Å². The second kappa shape index (κ2) is 14.1. The second-order valence-electron chi connectivity index (χ2n) is 8.05. The molecule has 1 saturated heterocycles. The molecule has 1 aromatic heterocycles. The molecule has 3 N–H and O–H groups in total. The highest BCUT2D eigenvalue weighted by atomic mass is 35.5. The Morgan fingerprint density at radius 2 is 1.24 bits per heavy atom. The van der Waals surface area contributed by atoms with Gasteiger partial charge in [-0.25, -0.2) is 4.98 Å². The van der Waals surface area contributed by atoms with E-state index in [0.29, 0.717) is 70.6 Å². The number of hydrogen-bond donors (Lipinski definition) is 3. The van der Waals surface area contributed by atoms with Gasteiger partial charge >= 0.3 is 17.9 Å². The monoisotopic (exact) mass is 485 g/mol. The molecule has 0 saturated carbocycles. The first kappa shape index (κ1) is 26.9. The van der Waals surface area contributed by atoms with Crippen LogP contribution in [0.3, 0.4) is 0 Å². The van der Waals surface area contributed by atoms with Gasteiger partial charge in [0.1, 0.15) is 5.15 Å². The van der Waals surface area contributed by atoms with E-state index >= 15 is 0 Å². The number of nitrogens with zero attached hydrogens (tertiary/aromatic N) is 5. The second-order valence-corrected chi connectivity index (χ2v) is 8.44. The van der Waals surface area contributed by atoms with Crippen molar-refractivity contribution < 1.29 is 29.7 Å². The van der Waals surface area contributed by atoms with Crippen molar-refractivity contribution in [3.8, 4) is 0 Å². The first-order valence-electron chi connectivity index (χ1n) is 10.9. The summed E-state index contributed by atoms with van der Waals surface area (Å²) in [5.74, 6) is -2.75. The molecule has 0 atom stereocenters. The Labute approximate surface area is 198 Å². The molecule has 1 aliphatic heterocycles. The molecule has 184 valence electrons. The Morgan fingerprint density at radius 3 is 1.70 bits per heavy atom. The van der Waals surface area contributed by atoms with Crippen molar-refractivity contribution in [1.29, 1.82) is 0 Å². The lowest BCUT2D eigenvalue weighted by molar-refractivity contribution is -0.139. The van der Waals surface area contributed by atoms with Gasteiger partial charge in [-0.15, -0.1) is 0 Å². The Kier molecular flexibility index (Phi) is 11.5. The van der Waals surface area contributed by atoms with E-state index in [9.17, 15) is 24.6 Å². The molecule has 12 heteroatoms. The normalized spacial score (nSPS) is 18.3. The zero-order valence-corrected chi connectivity index (χ0v) is 19.4. The lowest BCUT2D eigenvalue weighted by Gasteiger charge is -2.33. The first-order valence-corrected chi connectivity index (χ1v) is 11.3. The number of hydrogen-bond acceptors (Lipinski definition) is 8. The van der Waals surface area contributed by atoms with Gasteiger partial charge in [0, 0.05) is 65.4 Å². The van der Waals surface area contributed by atoms with Crippen molar-refractivity contribution in [2.24, 2.45) is 0 Å². The molecule has 33 heavy (non-hydrogen) atoms. The van der Waals surface area contributed by atoms with Crippen LogP contribution in [0.15, 0.2) is 18.2 Å². The van der Waals surface area contributed by atoms with Gasteiger partial charge < -0.3 is 20.2 Å². The maximum Gasteiger partial charge on any atom is 0.317 e. The predicted molar refractivity (Wildman–Crippen MR) is 121 cm³/mol. The Bertz CT molecular complexity index is 766. The number of aliphatic carboxylic acids is 3. The maximum absolute atomic E-state index is 11.4. The Balaban J connectivity index is 2.15. The van der Waals surface area contributed by atoms with Crippen molar-refractivity contribution in [1.82, 2.24) is 24.6 Å². The van der Waals surface area contributed by atoms with Gasteiger partial charge in [0.2, 0.25) is 0 Å². The Morgan fingerprint density at radius 1 is 0.758 bits per heavy atom. The smallest absolute Gasteiger partial charge is 0.317 e. The highest BCUT2D eigenvalue weighted by Crippen LogP contribution is 2.09. The molecular formula is C21H32ClN5O6. The predicted octanol–water partition coefficient (Wildman–Crippen LogP) is 0.101. The molecule has 0 unspecified atom stereocenters. The van der Waals surface area contributed by atoms with Gasteiger partial charge in [-0.3, -0.25) is 29.1 Å².